The average Bonchev–Trinajstić information content (AvgIpc) is 2.80. The van der Waals surface area contributed by atoms with Gasteiger partial charge in [-0.05, 0) is 41.9 Å². The summed E-state index contributed by atoms with van der Waals surface area (Å²) in [6.07, 6.45) is -5.36. The lowest BCUT2D eigenvalue weighted by molar-refractivity contribution is -0.192. The largest absolute Gasteiger partial charge is 0.490 e. The number of aromatic nitrogens is 1. The zero-order chi connectivity index (χ0) is 29.1. The Morgan fingerprint density at radius 3 is 2.45 bits per heavy atom. The number of hydrogen-bond acceptors (Lipinski definition) is 8. The third kappa shape index (κ3) is 10.4. The number of anilines is 1. The van der Waals surface area contributed by atoms with Gasteiger partial charge in [0.05, 0.1) is 29.5 Å². The molecule has 2 rings (SSSR count). The number of oxime groups is 1. The van der Waals surface area contributed by atoms with Crippen LogP contribution in [0.2, 0.25) is 0 Å². The number of nitrogens with one attached hydrogen (secondary N) is 3. The van der Waals surface area contributed by atoms with Crippen molar-refractivity contribution in [3.05, 3.63) is 57.5 Å². The number of rotatable bonds is 9. The van der Waals surface area contributed by atoms with Gasteiger partial charge in [0.2, 0.25) is 11.9 Å². The summed E-state index contributed by atoms with van der Waals surface area (Å²) in [7, 11) is -4.18. The molecule has 1 aromatic heterocycles. The number of aromatic amines is 1. The van der Waals surface area contributed by atoms with Gasteiger partial charge in [-0.2, -0.15) is 18.4 Å². The molecular formula is C20H22F3N7O7S. The molecule has 0 aliphatic carbocycles. The first-order chi connectivity index (χ1) is 17.6. The highest BCUT2D eigenvalue weighted by Gasteiger charge is 2.38. The molecular weight excluding hydrogens is 539 g/mol. The molecule has 8 N–H and O–H groups in total. The van der Waals surface area contributed by atoms with E-state index in [1.165, 1.54) is 30.3 Å². The molecule has 0 aliphatic heterocycles. The number of benzene rings is 1. The average molecular weight is 561 g/mol. The van der Waals surface area contributed by atoms with E-state index in [-0.39, 0.29) is 47.2 Å². The number of H-pyrrole nitrogens is 1. The van der Waals surface area contributed by atoms with Gasteiger partial charge < -0.3 is 31.7 Å². The number of carbonyl (C=O) groups is 2. The van der Waals surface area contributed by atoms with Crippen molar-refractivity contribution in [1.29, 1.82) is 5.26 Å². The van der Waals surface area contributed by atoms with Gasteiger partial charge in [0.25, 0.3) is 15.6 Å². The van der Waals surface area contributed by atoms with Crippen molar-refractivity contribution in [2.45, 2.75) is 24.4 Å². The molecule has 0 saturated carbocycles. The number of aryl methyl sites for hydroxylation is 1. The first kappa shape index (κ1) is 31.2. The Bertz CT molecular complexity index is 1400. The minimum atomic E-state index is -5.08. The summed E-state index contributed by atoms with van der Waals surface area (Å²) < 4.78 is 59.4. The van der Waals surface area contributed by atoms with Crippen molar-refractivity contribution in [2.75, 3.05) is 17.9 Å². The molecule has 0 unspecified atom stereocenters. The first-order valence-corrected chi connectivity index (χ1v) is 11.6. The van der Waals surface area contributed by atoms with Crippen molar-refractivity contribution >= 4 is 33.5 Å². The van der Waals surface area contributed by atoms with Crippen LogP contribution in [-0.2, 0) is 30.9 Å². The summed E-state index contributed by atoms with van der Waals surface area (Å²) in [5.41, 5.74) is 9.96. The highest BCUT2D eigenvalue weighted by Crippen LogP contribution is 2.19. The summed E-state index contributed by atoms with van der Waals surface area (Å²) in [4.78, 5) is 40.6. The Labute approximate surface area is 213 Å². The maximum absolute atomic E-state index is 12.7. The predicted molar refractivity (Wildman–Crippen MR) is 126 cm³/mol. The summed E-state index contributed by atoms with van der Waals surface area (Å²) >= 11 is 0. The molecule has 0 radical (unpaired) electrons. The number of nitriles is 1. The Morgan fingerprint density at radius 2 is 1.89 bits per heavy atom. The molecule has 206 valence electrons. The lowest BCUT2D eigenvalue weighted by atomic mass is 10.1. The fraction of sp³-hybridized carbons (Fsp3) is 0.250. The van der Waals surface area contributed by atoms with E-state index in [1.807, 2.05) is 6.07 Å². The number of nitrogens with zero attached hydrogens (tertiary/aromatic N) is 2. The van der Waals surface area contributed by atoms with E-state index in [0.29, 0.717) is 5.69 Å². The van der Waals surface area contributed by atoms with Crippen LogP contribution in [0, 0.1) is 18.3 Å². The molecule has 0 atom stereocenters. The molecule has 0 aliphatic rings. The maximum Gasteiger partial charge on any atom is 0.490 e. The lowest BCUT2D eigenvalue weighted by Crippen LogP contribution is -2.30. The highest BCUT2D eigenvalue weighted by molar-refractivity contribution is 7.92. The van der Waals surface area contributed by atoms with Crippen molar-refractivity contribution in [2.24, 2.45) is 16.6 Å². The minimum Gasteiger partial charge on any atom is -0.475 e. The number of carboxylic acids is 1. The van der Waals surface area contributed by atoms with E-state index in [0.717, 1.165) is 0 Å². The predicted octanol–water partition coefficient (Wildman–Crippen LogP) is -0.147. The zero-order valence-electron chi connectivity index (χ0n) is 19.5. The van der Waals surface area contributed by atoms with E-state index < -0.39 is 33.6 Å². The number of pyridine rings is 1. The summed E-state index contributed by atoms with van der Waals surface area (Å²) in [6, 6.07) is 8.65. The Morgan fingerprint density at radius 1 is 1.26 bits per heavy atom. The van der Waals surface area contributed by atoms with Crippen LogP contribution < -0.4 is 27.1 Å². The third-order valence-electron chi connectivity index (χ3n) is 4.04. The van der Waals surface area contributed by atoms with Crippen molar-refractivity contribution < 1.29 is 41.1 Å². The minimum absolute atomic E-state index is 0.00671. The maximum atomic E-state index is 12.7. The van der Waals surface area contributed by atoms with E-state index in [4.69, 9.17) is 31.5 Å². The highest BCUT2D eigenvalue weighted by atomic mass is 32.2. The van der Waals surface area contributed by atoms with E-state index in [9.17, 15) is 31.2 Å². The number of carbonyl (C=O) groups excluding carboxylic acids is 1. The smallest absolute Gasteiger partial charge is 0.475 e. The molecule has 0 bridgehead atoms. The van der Waals surface area contributed by atoms with Crippen LogP contribution in [0.4, 0.5) is 18.9 Å². The number of aliphatic carboxylic acids is 1. The van der Waals surface area contributed by atoms with Crippen LogP contribution in [0.3, 0.4) is 0 Å². The number of sulfonamides is 1. The van der Waals surface area contributed by atoms with Gasteiger partial charge in [0, 0.05) is 5.69 Å². The van der Waals surface area contributed by atoms with Crippen molar-refractivity contribution in [1.82, 2.24) is 10.3 Å². The van der Waals surface area contributed by atoms with Crippen LogP contribution in [0.5, 0.6) is 0 Å². The number of guanidine groups is 1. The van der Waals surface area contributed by atoms with Gasteiger partial charge in [-0.1, -0.05) is 6.07 Å². The van der Waals surface area contributed by atoms with Crippen LogP contribution in [0.1, 0.15) is 16.8 Å². The molecule has 14 nitrogen and oxygen atoms in total. The van der Waals surface area contributed by atoms with Gasteiger partial charge in [-0.3, -0.25) is 14.3 Å². The summed E-state index contributed by atoms with van der Waals surface area (Å²) in [5.74, 6) is -3.50. The second kappa shape index (κ2) is 13.5. The van der Waals surface area contributed by atoms with Gasteiger partial charge in [0.15, 0.2) is 0 Å². The molecule has 18 heteroatoms. The van der Waals surface area contributed by atoms with Crippen molar-refractivity contribution in [3.63, 3.8) is 0 Å². The normalized spacial score (nSPS) is 10.7. The first-order valence-electron chi connectivity index (χ1n) is 10.1. The molecule has 0 spiro atoms. The van der Waals surface area contributed by atoms with Crippen molar-refractivity contribution in [3.8, 4) is 6.07 Å². The monoisotopic (exact) mass is 561 g/mol. The summed E-state index contributed by atoms with van der Waals surface area (Å²) in [6.45, 7) is 1.69. The van der Waals surface area contributed by atoms with E-state index in [1.54, 1.807) is 6.92 Å². The van der Waals surface area contributed by atoms with Gasteiger partial charge in [-0.15, -0.1) is 0 Å². The molecule has 1 heterocycles. The molecule has 2 aromatic rings. The molecule has 0 saturated heterocycles. The number of carboxylic acid groups (broad SMARTS) is 1. The quantitative estimate of drug-likeness (QED) is 0.102. The number of nitrogens with two attached hydrogens (primary N) is 2. The lowest BCUT2D eigenvalue weighted by Gasteiger charge is -2.13. The Balaban J connectivity index is 0.000000905. The van der Waals surface area contributed by atoms with Crippen LogP contribution in [0.15, 0.2) is 45.2 Å². The van der Waals surface area contributed by atoms with Gasteiger partial charge in [-0.25, -0.2) is 13.2 Å². The number of alkyl halides is 3. The van der Waals surface area contributed by atoms with E-state index in [2.05, 4.69) is 20.2 Å². The van der Waals surface area contributed by atoms with Crippen LogP contribution in [-0.4, -0.2) is 55.7 Å². The Kier molecular flexibility index (Phi) is 11.1. The van der Waals surface area contributed by atoms with Crippen LogP contribution >= 0.6 is 0 Å². The fourth-order valence-electron chi connectivity index (χ4n) is 2.53. The molecule has 1 aromatic carbocycles. The van der Waals surface area contributed by atoms with Gasteiger partial charge >= 0.3 is 12.1 Å². The second-order valence-corrected chi connectivity index (χ2v) is 8.79. The second-order valence-electron chi connectivity index (χ2n) is 7.11. The topological polar surface area (TPSA) is 243 Å². The zero-order valence-corrected chi connectivity index (χ0v) is 20.3. The number of amides is 1. The number of halogens is 3. The van der Waals surface area contributed by atoms with Gasteiger partial charge in [0.1, 0.15) is 12.3 Å². The Hall–Kier alpha value is -4.79. The SMILES string of the molecule is Cc1cc(CC(=O)NCCON=C(N)N)c(NS(=O)(=O)c2cccc(C#N)c2)c(=O)[nH]1.O=C(O)C(F)(F)F. The molecule has 0 fully saturated rings. The van der Waals surface area contributed by atoms with Crippen LogP contribution in [0.25, 0.3) is 0 Å². The standard InChI is InChI=1S/C18H21N7O5S.C2HF3O2/c1-11-7-13(9-15(26)22-5-6-30-24-18(20)21)16(17(27)23-11)25-31(28,29)14-4-2-3-12(8-14)10-19;3-2(4,5)1(6)7/h2-4,7-8,25H,5-6,9H2,1H3,(H,22,26)(H,23,27)(H4,20,21,24);(H,6,7). The van der Waals surface area contributed by atoms with E-state index >= 15 is 0 Å². The number of hydrogen-bond donors (Lipinski definition) is 6. The molecule has 1 amide bonds. The summed E-state index contributed by atoms with van der Waals surface area (Å²) in [5, 5.41) is 21.9. The fourth-order valence-corrected chi connectivity index (χ4v) is 3.68. The third-order valence-corrected chi connectivity index (χ3v) is 5.39. The molecule has 38 heavy (non-hydrogen) atoms.